The molecule has 21 heteroatoms. The number of nitrogens with two attached hydrogens (primary N) is 1. The first-order chi connectivity index (χ1) is 33.0. The number of likely N-dealkylation sites (tertiary alicyclic amines) is 1. The van der Waals surface area contributed by atoms with E-state index in [4.69, 9.17) is 27.4 Å². The molecule has 0 saturated carbocycles. The molecular weight excluding hydrogens is 935 g/mol. The number of benzene rings is 2. The van der Waals surface area contributed by atoms with Gasteiger partial charge in [-0.2, -0.15) is 18.4 Å². The van der Waals surface area contributed by atoms with E-state index in [2.05, 4.69) is 20.6 Å². The van der Waals surface area contributed by atoms with E-state index < -0.39 is 63.7 Å². The predicted molar refractivity (Wildman–Crippen MR) is 256 cm³/mol. The molecule has 2 unspecified atom stereocenters. The number of pyridine rings is 2. The molecule has 2 aromatic heterocycles. The second kappa shape index (κ2) is 23.0. The van der Waals surface area contributed by atoms with E-state index in [0.29, 0.717) is 67.8 Å². The summed E-state index contributed by atoms with van der Waals surface area (Å²) < 4.78 is 68.0. The largest absolute Gasteiger partial charge is 0.478 e. The molecule has 4 N–H and O–H groups in total. The minimum absolute atomic E-state index is 0.199. The summed E-state index contributed by atoms with van der Waals surface area (Å²) >= 11 is 5.61. The lowest BCUT2D eigenvalue weighted by molar-refractivity contribution is -0.144. The van der Waals surface area contributed by atoms with Crippen LogP contribution in [-0.4, -0.2) is 101 Å². The standard InChI is InChI=1S/C49H55F4N9O7S/c1-47(2,3)42(45(67)61-21-9-10-37(61)44(66)58-25-30-11-13-31(14-12-30)43(55)65)59-38(64)28-68-22-7-8-23-69-39-20-16-33(26-57-39)35-18-17-34(27-56-35)62(48(4,5)29-63)46(70)60(6)36-19-15-32(24-54)40(41(36)50)49(51,52)53/h11-20,26-27,29,37,42H,7-10,21-23,25,28H2,1-6H3,(H2,55,65)(H,58,66)(H,59,64). The first-order valence-corrected chi connectivity index (χ1v) is 22.6. The minimum atomic E-state index is -5.16. The maximum absolute atomic E-state index is 15.4. The third kappa shape index (κ3) is 13.4. The van der Waals surface area contributed by atoms with Crippen LogP contribution in [0.4, 0.5) is 28.9 Å². The Kier molecular flexibility index (Phi) is 17.7. The van der Waals surface area contributed by atoms with E-state index in [-0.39, 0.29) is 42.4 Å². The summed E-state index contributed by atoms with van der Waals surface area (Å²) in [5.41, 5.74) is 2.58. The Morgan fingerprint density at radius 2 is 1.69 bits per heavy atom. The first-order valence-electron chi connectivity index (χ1n) is 22.2. The molecule has 3 heterocycles. The number of rotatable bonds is 19. The van der Waals surface area contributed by atoms with E-state index in [0.717, 1.165) is 22.6 Å². The highest BCUT2D eigenvalue weighted by Gasteiger charge is 2.43. The van der Waals surface area contributed by atoms with E-state index in [1.807, 2.05) is 20.8 Å². The van der Waals surface area contributed by atoms with Crippen LogP contribution in [0.2, 0.25) is 0 Å². The van der Waals surface area contributed by atoms with Crippen molar-refractivity contribution in [2.75, 3.05) is 43.2 Å². The molecule has 2 aromatic carbocycles. The average Bonchev–Trinajstić information content (AvgIpc) is 3.82. The molecule has 2 atom stereocenters. The number of hydrogen-bond acceptors (Lipinski definition) is 11. The third-order valence-corrected chi connectivity index (χ3v) is 11.9. The van der Waals surface area contributed by atoms with Crippen LogP contribution in [0, 0.1) is 22.6 Å². The number of anilines is 2. The van der Waals surface area contributed by atoms with E-state index >= 15 is 4.39 Å². The number of unbranched alkanes of at least 4 members (excludes halogenated alkanes) is 1. The summed E-state index contributed by atoms with van der Waals surface area (Å²) in [4.78, 5) is 76.4. The number of aldehydes is 1. The lowest BCUT2D eigenvalue weighted by atomic mass is 9.85. The highest BCUT2D eigenvalue weighted by atomic mass is 32.1. The zero-order chi connectivity index (χ0) is 51.6. The number of ether oxygens (including phenoxy) is 2. The van der Waals surface area contributed by atoms with Gasteiger partial charge in [0.2, 0.25) is 29.5 Å². The fourth-order valence-corrected chi connectivity index (χ4v) is 8.00. The topological polar surface area (TPSA) is 213 Å². The highest BCUT2D eigenvalue weighted by Crippen LogP contribution is 2.38. The fourth-order valence-electron chi connectivity index (χ4n) is 7.56. The number of nitrogens with one attached hydrogen (secondary N) is 2. The zero-order valence-corrected chi connectivity index (χ0v) is 40.4. The molecule has 0 radical (unpaired) electrons. The van der Waals surface area contributed by atoms with Gasteiger partial charge in [0.05, 0.1) is 47.0 Å². The smallest absolute Gasteiger partial charge is 0.420 e. The Morgan fingerprint density at radius 1 is 0.986 bits per heavy atom. The monoisotopic (exact) mass is 989 g/mol. The van der Waals surface area contributed by atoms with Crippen LogP contribution in [-0.2, 0) is 36.6 Å². The normalized spacial score (nSPS) is 14.2. The third-order valence-electron chi connectivity index (χ3n) is 11.4. The van der Waals surface area contributed by atoms with Gasteiger partial charge in [-0.15, -0.1) is 0 Å². The molecule has 70 heavy (non-hydrogen) atoms. The Bertz CT molecular complexity index is 2580. The van der Waals surface area contributed by atoms with Gasteiger partial charge in [0.25, 0.3) is 0 Å². The number of aromatic nitrogens is 2. The summed E-state index contributed by atoms with van der Waals surface area (Å²) in [5.74, 6) is -3.05. The SMILES string of the molecule is CN(C(=S)N(c1ccc(-c2ccc(OCCCCOCC(=O)NC(C(=O)N3CCCC3C(=O)NCc3ccc(C(N)=O)cc3)C(C)(C)C)nc2)nc1)C(C)(C)C=O)c1ccc(C#N)c(C(F)(F)F)c1F. The predicted octanol–water partition coefficient (Wildman–Crippen LogP) is 6.49. The Hall–Kier alpha value is -7.05. The van der Waals surface area contributed by atoms with Crippen molar-refractivity contribution >= 4 is 58.6 Å². The number of amides is 4. The summed E-state index contributed by atoms with van der Waals surface area (Å²) in [6, 6.07) is 14.7. The van der Waals surface area contributed by atoms with Gasteiger partial charge in [-0.05, 0) is 105 Å². The number of carbonyl (C=O) groups is 5. The summed E-state index contributed by atoms with van der Waals surface area (Å²) in [7, 11) is 1.25. The van der Waals surface area contributed by atoms with Crippen LogP contribution < -0.4 is 30.9 Å². The van der Waals surface area contributed by atoms with Crippen molar-refractivity contribution in [2.24, 2.45) is 11.1 Å². The van der Waals surface area contributed by atoms with Crippen LogP contribution in [0.15, 0.2) is 73.1 Å². The van der Waals surface area contributed by atoms with Crippen molar-refractivity contribution in [1.29, 1.82) is 5.26 Å². The van der Waals surface area contributed by atoms with E-state index in [9.17, 15) is 42.4 Å². The Balaban J connectivity index is 1.08. The van der Waals surface area contributed by atoms with Crippen molar-refractivity contribution in [3.63, 3.8) is 0 Å². The van der Waals surface area contributed by atoms with Crippen LogP contribution >= 0.6 is 12.2 Å². The van der Waals surface area contributed by atoms with Gasteiger partial charge in [-0.3, -0.25) is 24.2 Å². The van der Waals surface area contributed by atoms with Crippen LogP contribution in [0.3, 0.4) is 0 Å². The molecule has 372 valence electrons. The molecule has 0 aliphatic carbocycles. The van der Waals surface area contributed by atoms with E-state index in [1.165, 1.54) is 43.0 Å². The van der Waals surface area contributed by atoms with Gasteiger partial charge in [0, 0.05) is 50.1 Å². The summed E-state index contributed by atoms with van der Waals surface area (Å²) in [6.45, 7) is 9.35. The van der Waals surface area contributed by atoms with Gasteiger partial charge in [-0.1, -0.05) is 32.9 Å². The van der Waals surface area contributed by atoms with Gasteiger partial charge >= 0.3 is 6.18 Å². The maximum Gasteiger partial charge on any atom is 0.420 e. The van der Waals surface area contributed by atoms with Crippen molar-refractivity contribution in [3.8, 4) is 23.2 Å². The molecule has 1 aliphatic rings. The van der Waals surface area contributed by atoms with Crippen molar-refractivity contribution in [2.45, 2.75) is 90.6 Å². The summed E-state index contributed by atoms with van der Waals surface area (Å²) in [6.07, 6.45) is 0.599. The number of alkyl halides is 3. The molecule has 4 aromatic rings. The lowest BCUT2D eigenvalue weighted by Gasteiger charge is -2.39. The second-order valence-electron chi connectivity index (χ2n) is 18.1. The number of thiocarbonyl (C=S) groups is 1. The molecule has 1 fully saturated rings. The van der Waals surface area contributed by atoms with E-state index in [1.54, 1.807) is 54.7 Å². The molecule has 1 aliphatic heterocycles. The number of nitrogens with zero attached hydrogens (tertiary/aromatic N) is 6. The zero-order valence-electron chi connectivity index (χ0n) is 39.6. The van der Waals surface area contributed by atoms with Gasteiger partial charge in [0.1, 0.15) is 30.5 Å². The minimum Gasteiger partial charge on any atom is -0.478 e. The Labute approximate surface area is 408 Å². The maximum atomic E-state index is 15.4. The number of primary amides is 1. The van der Waals surface area contributed by atoms with Gasteiger partial charge < -0.3 is 45.3 Å². The van der Waals surface area contributed by atoms with Crippen molar-refractivity contribution in [3.05, 3.63) is 101 Å². The number of hydrogen-bond donors (Lipinski definition) is 3. The molecule has 1 saturated heterocycles. The Morgan fingerprint density at radius 3 is 2.27 bits per heavy atom. The first kappa shape index (κ1) is 53.9. The fraction of sp³-hybridized carbons (Fsp3) is 0.408. The lowest BCUT2D eigenvalue weighted by Crippen LogP contribution is -2.58. The molecule has 5 rings (SSSR count). The number of carbonyl (C=O) groups excluding carboxylic acids is 5. The van der Waals surface area contributed by atoms with Crippen LogP contribution in [0.1, 0.15) is 87.4 Å². The van der Waals surface area contributed by atoms with Gasteiger partial charge in [-0.25, -0.2) is 9.37 Å². The molecule has 0 bridgehead atoms. The van der Waals surface area contributed by atoms with Crippen molar-refractivity contribution in [1.82, 2.24) is 25.5 Å². The quantitative estimate of drug-likeness (QED) is 0.0397. The molecule has 4 amide bonds. The molecular formula is C49H55F4N9O7S. The molecule has 0 spiro atoms. The number of nitriles is 1. The average molecular weight is 990 g/mol. The molecule has 16 nitrogen and oxygen atoms in total. The highest BCUT2D eigenvalue weighted by molar-refractivity contribution is 7.80. The summed E-state index contributed by atoms with van der Waals surface area (Å²) in [5, 5.41) is 14.6. The van der Waals surface area contributed by atoms with Crippen LogP contribution in [0.25, 0.3) is 11.3 Å². The van der Waals surface area contributed by atoms with Crippen LogP contribution in [0.5, 0.6) is 5.88 Å². The second-order valence-corrected chi connectivity index (χ2v) is 18.5. The number of halogens is 4. The van der Waals surface area contributed by atoms with Crippen molar-refractivity contribution < 1.29 is 51.0 Å². The van der Waals surface area contributed by atoms with Gasteiger partial charge in [0.15, 0.2) is 10.9 Å².